The molecular weight excluding hydrogens is 477 g/mol. The molecule has 2 aromatic heterocycles. The summed E-state index contributed by atoms with van der Waals surface area (Å²) >= 11 is 0. The summed E-state index contributed by atoms with van der Waals surface area (Å²) in [6, 6.07) is 6.46. The van der Waals surface area contributed by atoms with Crippen LogP contribution in [-0.2, 0) is 6.42 Å². The molecule has 1 unspecified atom stereocenters. The standard InChI is InChI=1S/C21H33N7.HI/c1-2-22-21(23-12-10-20-26-25-19-9-5-6-13-28(19)20)24-18-11-14-27(16-18)15-17-7-3-4-8-17;/h5-6,9,13,17-18H,2-4,7-8,10-12,14-16H2,1H3,(H2,22,23,24);1H. The highest BCUT2D eigenvalue weighted by atomic mass is 127. The van der Waals surface area contributed by atoms with E-state index in [2.05, 4.69) is 32.7 Å². The third-order valence-corrected chi connectivity index (χ3v) is 5.94. The van der Waals surface area contributed by atoms with Crippen molar-refractivity contribution < 1.29 is 0 Å². The molecule has 0 amide bonds. The smallest absolute Gasteiger partial charge is 0.191 e. The van der Waals surface area contributed by atoms with E-state index in [1.807, 2.05) is 28.8 Å². The lowest BCUT2D eigenvalue weighted by Crippen LogP contribution is -2.45. The molecule has 0 spiro atoms. The fraction of sp³-hybridized carbons (Fsp3) is 0.667. The van der Waals surface area contributed by atoms with Gasteiger partial charge in [-0.25, -0.2) is 0 Å². The molecule has 1 saturated carbocycles. The fourth-order valence-electron chi connectivity index (χ4n) is 4.52. The summed E-state index contributed by atoms with van der Waals surface area (Å²) in [7, 11) is 0. The molecular formula is C21H34IN7. The van der Waals surface area contributed by atoms with Crippen LogP contribution in [0, 0.1) is 5.92 Å². The van der Waals surface area contributed by atoms with Crippen molar-refractivity contribution in [2.75, 3.05) is 32.7 Å². The first-order valence-electron chi connectivity index (χ1n) is 10.9. The zero-order chi connectivity index (χ0) is 19.2. The van der Waals surface area contributed by atoms with Crippen molar-refractivity contribution in [3.8, 4) is 0 Å². The highest BCUT2D eigenvalue weighted by molar-refractivity contribution is 14.0. The Balaban J connectivity index is 0.00000240. The molecule has 2 aromatic rings. The second-order valence-electron chi connectivity index (χ2n) is 8.10. The molecule has 3 heterocycles. The van der Waals surface area contributed by atoms with E-state index in [1.54, 1.807) is 0 Å². The zero-order valence-corrected chi connectivity index (χ0v) is 19.7. The molecule has 1 atom stereocenters. The maximum Gasteiger partial charge on any atom is 0.191 e. The number of nitrogens with zero attached hydrogens (tertiary/aromatic N) is 5. The average molecular weight is 511 g/mol. The number of guanidine groups is 1. The Morgan fingerprint density at radius 2 is 2.07 bits per heavy atom. The zero-order valence-electron chi connectivity index (χ0n) is 17.4. The number of aliphatic imine (C=N–C) groups is 1. The summed E-state index contributed by atoms with van der Waals surface area (Å²) in [6.45, 7) is 7.31. The van der Waals surface area contributed by atoms with E-state index in [0.29, 0.717) is 12.6 Å². The Kier molecular flexibility index (Phi) is 8.53. The molecule has 0 bridgehead atoms. The third-order valence-electron chi connectivity index (χ3n) is 5.94. The van der Waals surface area contributed by atoms with Crippen LogP contribution >= 0.6 is 24.0 Å². The number of halogens is 1. The summed E-state index contributed by atoms with van der Waals surface area (Å²) in [6.07, 6.45) is 9.70. The molecule has 8 heteroatoms. The van der Waals surface area contributed by atoms with Gasteiger partial charge in [-0.3, -0.25) is 9.39 Å². The maximum absolute atomic E-state index is 4.78. The number of hydrogen-bond acceptors (Lipinski definition) is 4. The minimum absolute atomic E-state index is 0. The van der Waals surface area contributed by atoms with Crippen molar-refractivity contribution in [3.05, 3.63) is 30.2 Å². The predicted octanol–water partition coefficient (Wildman–Crippen LogP) is 2.71. The first-order valence-corrected chi connectivity index (χ1v) is 10.9. The highest BCUT2D eigenvalue weighted by Gasteiger charge is 2.26. The number of aromatic nitrogens is 3. The number of nitrogens with one attached hydrogen (secondary N) is 2. The molecule has 2 fully saturated rings. The second-order valence-corrected chi connectivity index (χ2v) is 8.10. The van der Waals surface area contributed by atoms with Gasteiger partial charge < -0.3 is 15.5 Å². The summed E-state index contributed by atoms with van der Waals surface area (Å²) in [4.78, 5) is 7.42. The first-order chi connectivity index (χ1) is 13.8. The second kappa shape index (κ2) is 11.1. The van der Waals surface area contributed by atoms with Gasteiger partial charge in [0.1, 0.15) is 5.82 Å². The van der Waals surface area contributed by atoms with Gasteiger partial charge in [0.2, 0.25) is 0 Å². The van der Waals surface area contributed by atoms with E-state index in [0.717, 1.165) is 42.9 Å². The van der Waals surface area contributed by atoms with Crippen LogP contribution in [0.2, 0.25) is 0 Å². The van der Waals surface area contributed by atoms with Crippen molar-refractivity contribution in [1.82, 2.24) is 30.1 Å². The summed E-state index contributed by atoms with van der Waals surface area (Å²) < 4.78 is 2.04. The minimum Gasteiger partial charge on any atom is -0.357 e. The van der Waals surface area contributed by atoms with E-state index in [1.165, 1.54) is 45.2 Å². The van der Waals surface area contributed by atoms with E-state index in [4.69, 9.17) is 4.99 Å². The molecule has 2 N–H and O–H groups in total. The molecule has 1 aliphatic carbocycles. The van der Waals surface area contributed by atoms with Crippen LogP contribution in [0.1, 0.15) is 44.9 Å². The van der Waals surface area contributed by atoms with E-state index in [-0.39, 0.29) is 24.0 Å². The highest BCUT2D eigenvalue weighted by Crippen LogP contribution is 2.26. The van der Waals surface area contributed by atoms with Crippen molar-refractivity contribution in [1.29, 1.82) is 0 Å². The van der Waals surface area contributed by atoms with Crippen molar-refractivity contribution in [2.24, 2.45) is 10.9 Å². The Morgan fingerprint density at radius 1 is 1.21 bits per heavy atom. The summed E-state index contributed by atoms with van der Waals surface area (Å²) in [5.41, 5.74) is 0.889. The van der Waals surface area contributed by atoms with Gasteiger partial charge in [0.15, 0.2) is 11.6 Å². The van der Waals surface area contributed by atoms with Gasteiger partial charge in [0.05, 0.1) is 0 Å². The van der Waals surface area contributed by atoms with Crippen LogP contribution in [0.15, 0.2) is 29.4 Å². The van der Waals surface area contributed by atoms with E-state index >= 15 is 0 Å². The normalized spacial score (nSPS) is 20.9. The van der Waals surface area contributed by atoms with Crippen molar-refractivity contribution in [3.63, 3.8) is 0 Å². The number of likely N-dealkylation sites (tertiary alicyclic amines) is 1. The van der Waals surface area contributed by atoms with Crippen LogP contribution in [0.4, 0.5) is 0 Å². The topological polar surface area (TPSA) is 69.8 Å². The van der Waals surface area contributed by atoms with Gasteiger partial charge in [-0.2, -0.15) is 0 Å². The van der Waals surface area contributed by atoms with Gasteiger partial charge >= 0.3 is 0 Å². The van der Waals surface area contributed by atoms with Crippen LogP contribution < -0.4 is 10.6 Å². The van der Waals surface area contributed by atoms with Crippen LogP contribution in [-0.4, -0.2) is 64.2 Å². The summed E-state index contributed by atoms with van der Waals surface area (Å²) in [5.74, 6) is 2.81. The number of rotatable bonds is 7. The van der Waals surface area contributed by atoms with Crippen molar-refractivity contribution >= 4 is 35.6 Å². The molecule has 4 rings (SSSR count). The fourth-order valence-corrected chi connectivity index (χ4v) is 4.52. The molecule has 160 valence electrons. The van der Waals surface area contributed by atoms with Crippen LogP contribution in [0.5, 0.6) is 0 Å². The Bertz CT molecular complexity index is 784. The van der Waals surface area contributed by atoms with Gasteiger partial charge in [0.25, 0.3) is 0 Å². The Hall–Kier alpha value is -1.42. The largest absolute Gasteiger partial charge is 0.357 e. The van der Waals surface area contributed by atoms with Gasteiger partial charge in [-0.15, -0.1) is 34.2 Å². The van der Waals surface area contributed by atoms with Gasteiger partial charge in [-0.05, 0) is 44.2 Å². The van der Waals surface area contributed by atoms with Gasteiger partial charge in [-0.1, -0.05) is 18.9 Å². The van der Waals surface area contributed by atoms with E-state index < -0.39 is 0 Å². The first kappa shape index (κ1) is 22.3. The Labute approximate surface area is 190 Å². The molecule has 29 heavy (non-hydrogen) atoms. The molecule has 0 radical (unpaired) electrons. The molecule has 1 aliphatic heterocycles. The summed E-state index contributed by atoms with van der Waals surface area (Å²) in [5, 5.41) is 15.5. The SMILES string of the molecule is CCNC(=NCCc1nnc2ccccn12)NC1CCN(CC2CCCC2)C1.I. The monoisotopic (exact) mass is 511 g/mol. The predicted molar refractivity (Wildman–Crippen MR) is 128 cm³/mol. The lowest BCUT2D eigenvalue weighted by Gasteiger charge is -2.21. The molecule has 0 aromatic carbocycles. The quantitative estimate of drug-likeness (QED) is 0.340. The average Bonchev–Trinajstić information content (AvgIpc) is 3.45. The maximum atomic E-state index is 4.78. The minimum atomic E-state index is 0. The Morgan fingerprint density at radius 3 is 2.90 bits per heavy atom. The lowest BCUT2D eigenvalue weighted by molar-refractivity contribution is 0.275. The lowest BCUT2D eigenvalue weighted by atomic mass is 10.1. The molecule has 7 nitrogen and oxygen atoms in total. The number of fused-ring (bicyclic) bond motifs is 1. The van der Waals surface area contributed by atoms with Crippen LogP contribution in [0.25, 0.3) is 5.65 Å². The van der Waals surface area contributed by atoms with Crippen molar-refractivity contribution in [2.45, 2.75) is 51.5 Å². The third kappa shape index (κ3) is 6.04. The van der Waals surface area contributed by atoms with Crippen LogP contribution in [0.3, 0.4) is 0 Å². The molecule has 2 aliphatic rings. The molecule has 1 saturated heterocycles. The van der Waals surface area contributed by atoms with Gasteiger partial charge in [0, 0.05) is 51.4 Å². The van der Waals surface area contributed by atoms with E-state index in [9.17, 15) is 0 Å². The number of hydrogen-bond donors (Lipinski definition) is 2. The number of pyridine rings is 1.